The van der Waals surface area contributed by atoms with Gasteiger partial charge in [0.1, 0.15) is 0 Å². The average Bonchev–Trinajstić information content (AvgIpc) is 2.38. The summed E-state index contributed by atoms with van der Waals surface area (Å²) >= 11 is 5.84. The molecule has 1 aromatic heterocycles. The molecule has 4 heteroatoms. The van der Waals surface area contributed by atoms with E-state index in [2.05, 4.69) is 17.1 Å². The van der Waals surface area contributed by atoms with Crippen molar-refractivity contribution in [2.24, 2.45) is 5.73 Å². The monoisotopic (exact) mass is 296 g/mol. The van der Waals surface area contributed by atoms with Crippen molar-refractivity contribution in [2.75, 3.05) is 0 Å². The molecule has 2 rings (SSSR count). The average molecular weight is 297 g/mol. The summed E-state index contributed by atoms with van der Waals surface area (Å²) in [6.45, 7) is 2.04. The molecule has 19 heavy (non-hydrogen) atoms. The first-order valence-corrected chi connectivity index (χ1v) is 6.45. The Morgan fingerprint density at radius 3 is 2.37 bits per heavy atom. The molecular weight excluding hydrogens is 279 g/mol. The van der Waals surface area contributed by atoms with Crippen LogP contribution in [0.3, 0.4) is 0 Å². The van der Waals surface area contributed by atoms with Gasteiger partial charge in [0.05, 0.1) is 5.02 Å². The Hall–Kier alpha value is -1.09. The minimum absolute atomic E-state index is 0. The van der Waals surface area contributed by atoms with Gasteiger partial charge in [-0.05, 0) is 31.0 Å². The number of halogens is 2. The lowest BCUT2D eigenvalue weighted by Gasteiger charge is -2.21. The zero-order chi connectivity index (χ0) is 13.0. The zero-order valence-corrected chi connectivity index (χ0v) is 12.4. The Balaban J connectivity index is 0.00000180. The van der Waals surface area contributed by atoms with Gasteiger partial charge in [-0.15, -0.1) is 12.4 Å². The molecule has 2 N–H and O–H groups in total. The Morgan fingerprint density at radius 2 is 1.84 bits per heavy atom. The van der Waals surface area contributed by atoms with Gasteiger partial charge in [-0.25, -0.2) is 0 Å². The molecule has 0 saturated heterocycles. The molecule has 0 fully saturated rings. The van der Waals surface area contributed by atoms with Crippen molar-refractivity contribution in [1.29, 1.82) is 0 Å². The summed E-state index contributed by atoms with van der Waals surface area (Å²) < 4.78 is 0. The smallest absolute Gasteiger partial charge is 0.0589 e. The number of nitrogens with two attached hydrogens (primary N) is 1. The number of benzene rings is 1. The SMILES string of the molecule is CC(N)C(Cc1ccc(Cl)cn1)c1ccccc1.Cl. The van der Waals surface area contributed by atoms with Crippen LogP contribution >= 0.6 is 24.0 Å². The van der Waals surface area contributed by atoms with Crippen LogP contribution in [0.15, 0.2) is 48.7 Å². The predicted octanol–water partition coefficient (Wildman–Crippen LogP) is 3.83. The first-order chi connectivity index (χ1) is 8.66. The molecule has 0 aliphatic rings. The van der Waals surface area contributed by atoms with E-state index in [0.717, 1.165) is 12.1 Å². The maximum absolute atomic E-state index is 6.09. The molecular formula is C15H18Cl2N2. The van der Waals surface area contributed by atoms with Gasteiger partial charge in [-0.3, -0.25) is 4.98 Å². The molecule has 0 amide bonds. The second kappa shape index (κ2) is 7.49. The van der Waals surface area contributed by atoms with Crippen molar-refractivity contribution in [2.45, 2.75) is 25.3 Å². The van der Waals surface area contributed by atoms with E-state index in [4.69, 9.17) is 17.3 Å². The van der Waals surface area contributed by atoms with Crippen molar-refractivity contribution in [3.8, 4) is 0 Å². The van der Waals surface area contributed by atoms with Gasteiger partial charge < -0.3 is 5.73 Å². The number of aromatic nitrogens is 1. The van der Waals surface area contributed by atoms with Crippen LogP contribution in [0.4, 0.5) is 0 Å². The Bertz CT molecular complexity index is 483. The molecule has 2 atom stereocenters. The first-order valence-electron chi connectivity index (χ1n) is 6.08. The molecule has 0 aliphatic carbocycles. The highest BCUT2D eigenvalue weighted by Crippen LogP contribution is 2.23. The Morgan fingerprint density at radius 1 is 1.16 bits per heavy atom. The van der Waals surface area contributed by atoms with Crippen molar-refractivity contribution < 1.29 is 0 Å². The van der Waals surface area contributed by atoms with Crippen LogP contribution in [0, 0.1) is 0 Å². The number of hydrogen-bond donors (Lipinski definition) is 1. The van der Waals surface area contributed by atoms with Crippen molar-refractivity contribution >= 4 is 24.0 Å². The maximum Gasteiger partial charge on any atom is 0.0589 e. The third-order valence-corrected chi connectivity index (χ3v) is 3.30. The highest BCUT2D eigenvalue weighted by atomic mass is 35.5. The minimum Gasteiger partial charge on any atom is -0.327 e. The molecule has 0 bridgehead atoms. The van der Waals surface area contributed by atoms with Crippen LogP contribution in [0.5, 0.6) is 0 Å². The topological polar surface area (TPSA) is 38.9 Å². The highest BCUT2D eigenvalue weighted by molar-refractivity contribution is 6.30. The normalized spacial score (nSPS) is 13.4. The van der Waals surface area contributed by atoms with Gasteiger partial charge in [-0.1, -0.05) is 41.9 Å². The number of nitrogens with zero attached hydrogens (tertiary/aromatic N) is 1. The fourth-order valence-electron chi connectivity index (χ4n) is 2.06. The quantitative estimate of drug-likeness (QED) is 0.931. The van der Waals surface area contributed by atoms with E-state index < -0.39 is 0 Å². The van der Waals surface area contributed by atoms with Crippen LogP contribution < -0.4 is 5.73 Å². The maximum atomic E-state index is 6.09. The van der Waals surface area contributed by atoms with E-state index in [0.29, 0.717) is 5.02 Å². The first kappa shape index (κ1) is 16.0. The molecule has 1 heterocycles. The Labute approximate surface area is 125 Å². The van der Waals surface area contributed by atoms with Gasteiger partial charge in [-0.2, -0.15) is 0 Å². The highest BCUT2D eigenvalue weighted by Gasteiger charge is 2.17. The van der Waals surface area contributed by atoms with E-state index in [1.807, 2.05) is 37.3 Å². The molecule has 2 nitrogen and oxygen atoms in total. The summed E-state index contributed by atoms with van der Waals surface area (Å²) in [5.41, 5.74) is 8.37. The molecule has 0 aliphatic heterocycles. The number of pyridine rings is 1. The van der Waals surface area contributed by atoms with Gasteiger partial charge >= 0.3 is 0 Å². The second-order valence-corrected chi connectivity index (χ2v) is 4.98. The lowest BCUT2D eigenvalue weighted by atomic mass is 9.88. The third-order valence-electron chi connectivity index (χ3n) is 3.08. The Kier molecular flexibility index (Phi) is 6.29. The van der Waals surface area contributed by atoms with Crippen LogP contribution in [0.1, 0.15) is 24.1 Å². The van der Waals surface area contributed by atoms with E-state index >= 15 is 0 Å². The largest absolute Gasteiger partial charge is 0.327 e. The number of rotatable bonds is 4. The number of hydrogen-bond acceptors (Lipinski definition) is 2. The summed E-state index contributed by atoms with van der Waals surface area (Å²) in [4.78, 5) is 4.34. The van der Waals surface area contributed by atoms with Crippen molar-refractivity contribution in [1.82, 2.24) is 4.98 Å². The summed E-state index contributed by atoms with van der Waals surface area (Å²) in [7, 11) is 0. The summed E-state index contributed by atoms with van der Waals surface area (Å²) in [5.74, 6) is 0.278. The van der Waals surface area contributed by atoms with Crippen LogP contribution in [-0.4, -0.2) is 11.0 Å². The lowest BCUT2D eigenvalue weighted by molar-refractivity contribution is 0.559. The van der Waals surface area contributed by atoms with Gasteiger partial charge in [0.25, 0.3) is 0 Å². The summed E-state index contributed by atoms with van der Waals surface area (Å²) in [5, 5.41) is 0.663. The van der Waals surface area contributed by atoms with Gasteiger partial charge in [0.15, 0.2) is 0 Å². The van der Waals surface area contributed by atoms with E-state index in [1.54, 1.807) is 6.20 Å². The van der Waals surface area contributed by atoms with E-state index in [9.17, 15) is 0 Å². The summed E-state index contributed by atoms with van der Waals surface area (Å²) in [6.07, 6.45) is 2.51. The zero-order valence-electron chi connectivity index (χ0n) is 10.8. The molecule has 1 aromatic carbocycles. The van der Waals surface area contributed by atoms with Gasteiger partial charge in [0.2, 0.25) is 0 Å². The summed E-state index contributed by atoms with van der Waals surface area (Å²) in [6, 6.07) is 14.2. The predicted molar refractivity (Wildman–Crippen MR) is 83.0 cm³/mol. The lowest BCUT2D eigenvalue weighted by Crippen LogP contribution is -2.26. The third kappa shape index (κ3) is 4.50. The standard InChI is InChI=1S/C15H17ClN2.ClH/c1-11(17)15(12-5-3-2-4-6-12)9-14-8-7-13(16)10-18-14;/h2-8,10-11,15H,9,17H2,1H3;1H. The van der Waals surface area contributed by atoms with Crippen molar-refractivity contribution in [3.63, 3.8) is 0 Å². The molecule has 0 radical (unpaired) electrons. The molecule has 2 unspecified atom stereocenters. The van der Waals surface area contributed by atoms with Crippen LogP contribution in [0.25, 0.3) is 0 Å². The van der Waals surface area contributed by atoms with Crippen LogP contribution in [-0.2, 0) is 6.42 Å². The van der Waals surface area contributed by atoms with E-state index in [1.165, 1.54) is 5.56 Å². The molecule has 0 saturated carbocycles. The molecule has 2 aromatic rings. The van der Waals surface area contributed by atoms with E-state index in [-0.39, 0.29) is 24.4 Å². The minimum atomic E-state index is 0. The van der Waals surface area contributed by atoms with Crippen molar-refractivity contribution in [3.05, 3.63) is 64.9 Å². The van der Waals surface area contributed by atoms with Crippen LogP contribution in [0.2, 0.25) is 5.02 Å². The molecule has 0 spiro atoms. The second-order valence-electron chi connectivity index (χ2n) is 4.55. The molecule has 102 valence electrons. The fourth-order valence-corrected chi connectivity index (χ4v) is 2.17. The fraction of sp³-hybridized carbons (Fsp3) is 0.267. The van der Waals surface area contributed by atoms with Gasteiger partial charge in [0, 0.05) is 23.9 Å².